The molecule has 0 spiro atoms. The van der Waals surface area contributed by atoms with Gasteiger partial charge in [-0.15, -0.1) is 0 Å². The highest BCUT2D eigenvalue weighted by Gasteiger charge is 2.15. The van der Waals surface area contributed by atoms with Crippen molar-refractivity contribution in [2.24, 2.45) is 5.10 Å². The average molecular weight is 548 g/mol. The second-order valence-electron chi connectivity index (χ2n) is 6.66. The number of amides is 1. The van der Waals surface area contributed by atoms with Gasteiger partial charge in [-0.3, -0.25) is 4.79 Å². The molecule has 0 saturated heterocycles. The standard InChI is InChI=1S/C24H20BrClN2O6/c1-31-21-11-15(7-9-20(21)34-24(30)17-5-3-4-6-18(17)26)13-27-28-23(29)14-33-19-10-8-16(25)12-22(19)32-2/h3-13H,14H2,1-2H3,(H,28,29)/b27-13+. The van der Waals surface area contributed by atoms with Gasteiger partial charge in [-0.05, 0) is 54.1 Å². The normalized spacial score (nSPS) is 10.6. The molecule has 34 heavy (non-hydrogen) atoms. The van der Waals surface area contributed by atoms with Gasteiger partial charge in [0.1, 0.15) is 0 Å². The molecule has 0 atom stereocenters. The number of ether oxygens (including phenoxy) is 4. The van der Waals surface area contributed by atoms with E-state index < -0.39 is 11.9 Å². The zero-order valence-electron chi connectivity index (χ0n) is 18.2. The van der Waals surface area contributed by atoms with Crippen LogP contribution in [0.5, 0.6) is 23.0 Å². The molecule has 3 rings (SSSR count). The molecule has 3 aromatic rings. The van der Waals surface area contributed by atoms with E-state index in [0.29, 0.717) is 22.8 Å². The minimum atomic E-state index is -0.611. The lowest BCUT2D eigenvalue weighted by atomic mass is 10.2. The van der Waals surface area contributed by atoms with Gasteiger partial charge < -0.3 is 18.9 Å². The number of halogens is 2. The van der Waals surface area contributed by atoms with E-state index in [-0.39, 0.29) is 22.9 Å². The fraction of sp³-hybridized carbons (Fsp3) is 0.125. The lowest BCUT2D eigenvalue weighted by Crippen LogP contribution is -2.24. The van der Waals surface area contributed by atoms with Crippen LogP contribution in [-0.2, 0) is 4.79 Å². The third kappa shape index (κ3) is 6.72. The number of nitrogens with zero attached hydrogens (tertiary/aromatic N) is 1. The number of carbonyl (C=O) groups is 2. The second-order valence-corrected chi connectivity index (χ2v) is 7.98. The van der Waals surface area contributed by atoms with Crippen molar-refractivity contribution in [3.63, 3.8) is 0 Å². The predicted molar refractivity (Wildman–Crippen MR) is 131 cm³/mol. The van der Waals surface area contributed by atoms with Crippen molar-refractivity contribution in [2.45, 2.75) is 0 Å². The van der Waals surface area contributed by atoms with Crippen LogP contribution in [0.4, 0.5) is 0 Å². The Kier molecular flexibility index (Phi) is 8.89. The molecule has 0 radical (unpaired) electrons. The van der Waals surface area contributed by atoms with Crippen LogP contribution in [0.2, 0.25) is 5.02 Å². The zero-order chi connectivity index (χ0) is 24.5. The molecule has 0 aliphatic carbocycles. The largest absolute Gasteiger partial charge is 0.493 e. The van der Waals surface area contributed by atoms with Crippen LogP contribution in [0.25, 0.3) is 0 Å². The molecular formula is C24H20BrClN2O6. The SMILES string of the molecule is COc1cc(Br)ccc1OCC(=O)N/N=C/c1ccc(OC(=O)c2ccccc2Cl)c(OC)c1. The first-order valence-electron chi connectivity index (χ1n) is 9.84. The molecule has 10 heteroatoms. The van der Waals surface area contributed by atoms with E-state index in [1.165, 1.54) is 20.4 Å². The Hall–Kier alpha value is -3.56. The summed E-state index contributed by atoms with van der Waals surface area (Å²) in [7, 11) is 2.95. The van der Waals surface area contributed by atoms with Gasteiger partial charge in [-0.1, -0.05) is 39.7 Å². The molecule has 1 amide bonds. The minimum absolute atomic E-state index is 0.213. The Morgan fingerprint density at radius 1 is 0.971 bits per heavy atom. The number of benzene rings is 3. The number of esters is 1. The first kappa shape index (κ1) is 25.1. The molecule has 0 aliphatic heterocycles. The quantitative estimate of drug-likeness (QED) is 0.178. The highest BCUT2D eigenvalue weighted by Crippen LogP contribution is 2.30. The zero-order valence-corrected chi connectivity index (χ0v) is 20.6. The van der Waals surface area contributed by atoms with Gasteiger partial charge in [-0.25, -0.2) is 10.2 Å². The van der Waals surface area contributed by atoms with Crippen LogP contribution in [-0.4, -0.2) is 38.9 Å². The third-order valence-corrected chi connectivity index (χ3v) is 5.19. The lowest BCUT2D eigenvalue weighted by molar-refractivity contribution is -0.123. The first-order chi connectivity index (χ1) is 16.4. The molecule has 0 saturated carbocycles. The van der Waals surface area contributed by atoms with E-state index in [0.717, 1.165) is 4.47 Å². The molecular weight excluding hydrogens is 528 g/mol. The highest BCUT2D eigenvalue weighted by molar-refractivity contribution is 9.10. The Morgan fingerprint density at radius 3 is 2.41 bits per heavy atom. The molecule has 0 aliphatic rings. The van der Waals surface area contributed by atoms with Gasteiger partial charge in [-0.2, -0.15) is 5.10 Å². The van der Waals surface area contributed by atoms with Crippen LogP contribution in [0, 0.1) is 0 Å². The van der Waals surface area contributed by atoms with Crippen LogP contribution < -0.4 is 24.4 Å². The lowest BCUT2D eigenvalue weighted by Gasteiger charge is -2.11. The van der Waals surface area contributed by atoms with Gasteiger partial charge >= 0.3 is 5.97 Å². The Bertz CT molecular complexity index is 1220. The van der Waals surface area contributed by atoms with Crippen molar-refractivity contribution < 1.29 is 28.5 Å². The topological polar surface area (TPSA) is 95.5 Å². The molecule has 1 N–H and O–H groups in total. The number of hydrogen-bond donors (Lipinski definition) is 1. The molecule has 3 aromatic carbocycles. The Labute approximate surface area is 209 Å². The fourth-order valence-corrected chi connectivity index (χ4v) is 3.30. The molecule has 0 unspecified atom stereocenters. The van der Waals surface area contributed by atoms with Crippen LogP contribution in [0.3, 0.4) is 0 Å². The molecule has 0 aromatic heterocycles. The molecule has 0 heterocycles. The van der Waals surface area contributed by atoms with Crippen molar-refractivity contribution in [2.75, 3.05) is 20.8 Å². The van der Waals surface area contributed by atoms with Gasteiger partial charge in [0.05, 0.1) is 31.0 Å². The number of nitrogens with one attached hydrogen (secondary N) is 1. The summed E-state index contributed by atoms with van der Waals surface area (Å²) in [6, 6.07) is 16.6. The van der Waals surface area contributed by atoms with Gasteiger partial charge in [0.15, 0.2) is 29.6 Å². The molecule has 0 fully saturated rings. The van der Waals surface area contributed by atoms with Gasteiger partial charge in [0.25, 0.3) is 5.91 Å². The maximum Gasteiger partial charge on any atom is 0.345 e. The highest BCUT2D eigenvalue weighted by atomic mass is 79.9. The third-order valence-electron chi connectivity index (χ3n) is 4.37. The number of hydrazone groups is 1. The fourth-order valence-electron chi connectivity index (χ4n) is 2.75. The van der Waals surface area contributed by atoms with Crippen LogP contribution >= 0.6 is 27.5 Å². The van der Waals surface area contributed by atoms with Crippen molar-refractivity contribution in [1.82, 2.24) is 5.43 Å². The minimum Gasteiger partial charge on any atom is -0.493 e. The number of hydrogen-bond acceptors (Lipinski definition) is 7. The summed E-state index contributed by atoms with van der Waals surface area (Å²) in [5, 5.41) is 4.20. The van der Waals surface area contributed by atoms with Crippen molar-refractivity contribution in [3.05, 3.63) is 81.3 Å². The monoisotopic (exact) mass is 546 g/mol. The maximum absolute atomic E-state index is 12.4. The van der Waals surface area contributed by atoms with Gasteiger partial charge in [0, 0.05) is 4.47 Å². The number of methoxy groups -OCH3 is 2. The first-order valence-corrected chi connectivity index (χ1v) is 11.0. The van der Waals surface area contributed by atoms with Crippen molar-refractivity contribution in [3.8, 4) is 23.0 Å². The molecule has 176 valence electrons. The van der Waals surface area contributed by atoms with E-state index in [1.807, 2.05) is 0 Å². The van der Waals surface area contributed by atoms with E-state index >= 15 is 0 Å². The summed E-state index contributed by atoms with van der Waals surface area (Å²) in [4.78, 5) is 24.4. The van der Waals surface area contributed by atoms with E-state index in [1.54, 1.807) is 60.7 Å². The van der Waals surface area contributed by atoms with E-state index in [9.17, 15) is 9.59 Å². The van der Waals surface area contributed by atoms with Crippen molar-refractivity contribution in [1.29, 1.82) is 0 Å². The number of carbonyl (C=O) groups excluding carboxylic acids is 2. The Morgan fingerprint density at radius 2 is 1.68 bits per heavy atom. The second kappa shape index (κ2) is 12.1. The maximum atomic E-state index is 12.4. The smallest absolute Gasteiger partial charge is 0.345 e. The predicted octanol–water partition coefficient (Wildman–Crippen LogP) is 4.87. The van der Waals surface area contributed by atoms with Crippen LogP contribution in [0.1, 0.15) is 15.9 Å². The van der Waals surface area contributed by atoms with Crippen molar-refractivity contribution >= 4 is 45.6 Å². The summed E-state index contributed by atoms with van der Waals surface area (Å²) in [6.45, 7) is -0.254. The van der Waals surface area contributed by atoms with Gasteiger partial charge in [0.2, 0.25) is 0 Å². The summed E-state index contributed by atoms with van der Waals surface area (Å²) >= 11 is 9.39. The summed E-state index contributed by atoms with van der Waals surface area (Å²) in [6.07, 6.45) is 1.42. The van der Waals surface area contributed by atoms with E-state index in [4.69, 9.17) is 30.5 Å². The van der Waals surface area contributed by atoms with Crippen LogP contribution in [0.15, 0.2) is 70.2 Å². The average Bonchev–Trinajstić information content (AvgIpc) is 2.84. The summed E-state index contributed by atoms with van der Waals surface area (Å²) in [5.74, 6) is 0.370. The molecule has 0 bridgehead atoms. The Balaban J connectivity index is 1.58. The van der Waals surface area contributed by atoms with E-state index in [2.05, 4.69) is 26.5 Å². The summed E-state index contributed by atoms with van der Waals surface area (Å²) in [5.41, 5.74) is 3.22. The molecule has 8 nitrogen and oxygen atoms in total. The number of rotatable bonds is 9. The summed E-state index contributed by atoms with van der Waals surface area (Å²) < 4.78 is 22.2.